The maximum Gasteiger partial charge on any atom is 0.242 e. The van der Waals surface area contributed by atoms with Crippen LogP contribution in [0.2, 0.25) is 0 Å². The van der Waals surface area contributed by atoms with Crippen molar-refractivity contribution in [3.63, 3.8) is 0 Å². The van der Waals surface area contributed by atoms with Gasteiger partial charge in [-0.1, -0.05) is 66.7 Å². The topological polar surface area (TPSA) is 43.9 Å². The van der Waals surface area contributed by atoms with Crippen molar-refractivity contribution < 1.29 is 9.59 Å². The third kappa shape index (κ3) is 4.30. The van der Waals surface area contributed by atoms with Crippen molar-refractivity contribution in [3.05, 3.63) is 94.2 Å². The standard InChI is InChI=1S/C29H33N3O2S/c1-28(2)26(33)31(19-20-32(28)22-25-14-9-21-35-25)18-17-30-16-15-29(27(30)34,23-10-5-3-6-11-23)24-12-7-4-8-13-24/h3-14,21H,15-20,22H2,1-2H3. The van der Waals surface area contributed by atoms with Crippen LogP contribution < -0.4 is 0 Å². The minimum absolute atomic E-state index is 0.137. The van der Waals surface area contributed by atoms with Crippen LogP contribution in [0.15, 0.2) is 78.2 Å². The molecule has 2 amide bonds. The van der Waals surface area contributed by atoms with Gasteiger partial charge in [-0.25, -0.2) is 0 Å². The molecule has 5 rings (SSSR count). The lowest BCUT2D eigenvalue weighted by Crippen LogP contribution is -2.63. The Morgan fingerprint density at radius 1 is 0.743 bits per heavy atom. The summed E-state index contributed by atoms with van der Waals surface area (Å²) in [4.78, 5) is 34.8. The highest BCUT2D eigenvalue weighted by atomic mass is 32.1. The van der Waals surface area contributed by atoms with E-state index in [9.17, 15) is 9.59 Å². The molecule has 3 aromatic rings. The van der Waals surface area contributed by atoms with Crippen molar-refractivity contribution in [1.29, 1.82) is 0 Å². The van der Waals surface area contributed by atoms with Crippen LogP contribution in [0.4, 0.5) is 0 Å². The predicted octanol–water partition coefficient (Wildman–Crippen LogP) is 4.39. The first-order chi connectivity index (χ1) is 16.9. The number of carbonyl (C=O) groups excluding carboxylic acids is 2. The zero-order valence-electron chi connectivity index (χ0n) is 20.5. The summed E-state index contributed by atoms with van der Waals surface area (Å²) in [5, 5.41) is 2.08. The second-order valence-electron chi connectivity index (χ2n) is 10.0. The van der Waals surface area contributed by atoms with Gasteiger partial charge < -0.3 is 9.80 Å². The monoisotopic (exact) mass is 487 g/mol. The zero-order valence-corrected chi connectivity index (χ0v) is 21.3. The Hall–Kier alpha value is -2.96. The van der Waals surface area contributed by atoms with Crippen LogP contribution in [-0.2, 0) is 21.5 Å². The molecular formula is C29H33N3O2S. The van der Waals surface area contributed by atoms with E-state index in [0.29, 0.717) is 26.2 Å². The van der Waals surface area contributed by atoms with E-state index in [4.69, 9.17) is 0 Å². The molecule has 5 nitrogen and oxygen atoms in total. The number of thiophene rings is 1. The highest BCUT2D eigenvalue weighted by molar-refractivity contribution is 7.09. The first-order valence-corrected chi connectivity index (χ1v) is 13.3. The largest absolute Gasteiger partial charge is 0.340 e. The molecule has 2 fully saturated rings. The van der Waals surface area contributed by atoms with Gasteiger partial charge in [0.1, 0.15) is 5.41 Å². The van der Waals surface area contributed by atoms with Crippen molar-refractivity contribution in [2.24, 2.45) is 0 Å². The van der Waals surface area contributed by atoms with Gasteiger partial charge in [0.2, 0.25) is 11.8 Å². The van der Waals surface area contributed by atoms with Crippen LogP contribution in [0.1, 0.15) is 36.3 Å². The van der Waals surface area contributed by atoms with Crippen LogP contribution in [0.5, 0.6) is 0 Å². The van der Waals surface area contributed by atoms with Gasteiger partial charge in [-0.15, -0.1) is 11.3 Å². The number of piperazine rings is 1. The Bertz CT molecular complexity index is 1120. The van der Waals surface area contributed by atoms with Gasteiger partial charge in [0.25, 0.3) is 0 Å². The number of carbonyl (C=O) groups is 2. The Kier molecular flexibility index (Phi) is 6.51. The fraction of sp³-hybridized carbons (Fsp3) is 0.379. The first kappa shape index (κ1) is 23.8. The second-order valence-corrected chi connectivity index (χ2v) is 11.1. The van der Waals surface area contributed by atoms with E-state index in [0.717, 1.165) is 30.6 Å². The summed E-state index contributed by atoms with van der Waals surface area (Å²) in [6.07, 6.45) is 0.744. The van der Waals surface area contributed by atoms with E-state index < -0.39 is 11.0 Å². The molecule has 6 heteroatoms. The van der Waals surface area contributed by atoms with E-state index in [1.54, 1.807) is 11.3 Å². The number of benzene rings is 2. The summed E-state index contributed by atoms with van der Waals surface area (Å²) < 4.78 is 0. The molecule has 1 aromatic heterocycles. The van der Waals surface area contributed by atoms with Gasteiger partial charge in [-0.05, 0) is 42.8 Å². The lowest BCUT2D eigenvalue weighted by Gasteiger charge is -2.46. The molecule has 2 saturated heterocycles. The van der Waals surface area contributed by atoms with E-state index in [-0.39, 0.29) is 11.8 Å². The highest BCUT2D eigenvalue weighted by Gasteiger charge is 2.49. The Morgan fingerprint density at radius 2 is 1.34 bits per heavy atom. The number of nitrogens with zero attached hydrogens (tertiary/aromatic N) is 3. The summed E-state index contributed by atoms with van der Waals surface area (Å²) in [5.74, 6) is 0.280. The Balaban J connectivity index is 1.29. The van der Waals surface area contributed by atoms with Crippen molar-refractivity contribution in [3.8, 4) is 0 Å². The molecule has 2 aromatic carbocycles. The summed E-state index contributed by atoms with van der Waals surface area (Å²) in [6.45, 7) is 8.19. The molecular weight excluding hydrogens is 454 g/mol. The minimum Gasteiger partial charge on any atom is -0.340 e. The van der Waals surface area contributed by atoms with Gasteiger partial charge in [-0.3, -0.25) is 14.5 Å². The Morgan fingerprint density at radius 3 is 1.91 bits per heavy atom. The third-order valence-electron chi connectivity index (χ3n) is 7.75. The summed E-state index contributed by atoms with van der Waals surface area (Å²) >= 11 is 1.73. The van der Waals surface area contributed by atoms with Gasteiger partial charge >= 0.3 is 0 Å². The van der Waals surface area contributed by atoms with Gasteiger partial charge in [0.05, 0.1) is 5.54 Å². The number of likely N-dealkylation sites (tertiary alicyclic amines) is 1. The lowest BCUT2D eigenvalue weighted by molar-refractivity contribution is -0.150. The number of hydrogen-bond acceptors (Lipinski definition) is 4. The molecule has 2 aliphatic rings. The van der Waals surface area contributed by atoms with Crippen molar-refractivity contribution >= 4 is 23.2 Å². The number of hydrogen-bond donors (Lipinski definition) is 0. The first-order valence-electron chi connectivity index (χ1n) is 12.4. The fourth-order valence-corrected chi connectivity index (χ4v) is 6.33. The molecule has 0 saturated carbocycles. The lowest BCUT2D eigenvalue weighted by atomic mass is 9.73. The van der Waals surface area contributed by atoms with Crippen LogP contribution in [-0.4, -0.2) is 64.8 Å². The molecule has 182 valence electrons. The number of rotatable bonds is 7. The molecule has 0 aliphatic carbocycles. The average Bonchev–Trinajstić information content (AvgIpc) is 3.51. The molecule has 35 heavy (non-hydrogen) atoms. The fourth-order valence-electron chi connectivity index (χ4n) is 5.61. The molecule has 3 heterocycles. The van der Waals surface area contributed by atoms with E-state index in [1.807, 2.05) is 60.0 Å². The Labute approximate surface area is 212 Å². The third-order valence-corrected chi connectivity index (χ3v) is 8.61. The zero-order chi connectivity index (χ0) is 24.5. The minimum atomic E-state index is -0.662. The van der Waals surface area contributed by atoms with Crippen molar-refractivity contribution in [2.75, 3.05) is 32.7 Å². The second kappa shape index (κ2) is 9.59. The summed E-state index contributed by atoms with van der Waals surface area (Å²) in [5.41, 5.74) is 0.858. The van der Waals surface area contributed by atoms with E-state index in [2.05, 4.69) is 46.7 Å². The molecule has 0 unspecified atom stereocenters. The van der Waals surface area contributed by atoms with E-state index in [1.165, 1.54) is 4.88 Å². The van der Waals surface area contributed by atoms with Crippen LogP contribution in [0.3, 0.4) is 0 Å². The average molecular weight is 488 g/mol. The molecule has 2 aliphatic heterocycles. The number of amides is 2. The quantitative estimate of drug-likeness (QED) is 0.497. The molecule has 0 N–H and O–H groups in total. The molecule has 0 atom stereocenters. The van der Waals surface area contributed by atoms with Crippen LogP contribution in [0, 0.1) is 0 Å². The van der Waals surface area contributed by atoms with Crippen LogP contribution >= 0.6 is 11.3 Å². The molecule has 0 bridgehead atoms. The maximum atomic E-state index is 14.0. The SMILES string of the molecule is CC1(C)C(=O)N(CCN2CCC(c3ccccc3)(c3ccccc3)C2=O)CCN1Cc1cccs1. The highest BCUT2D eigenvalue weighted by Crippen LogP contribution is 2.42. The van der Waals surface area contributed by atoms with Crippen LogP contribution in [0.25, 0.3) is 0 Å². The van der Waals surface area contributed by atoms with Crippen molar-refractivity contribution in [2.45, 2.75) is 37.8 Å². The van der Waals surface area contributed by atoms with E-state index >= 15 is 0 Å². The summed E-state index contributed by atoms with van der Waals surface area (Å²) in [6, 6.07) is 24.4. The molecule has 0 radical (unpaired) electrons. The summed E-state index contributed by atoms with van der Waals surface area (Å²) in [7, 11) is 0. The maximum absolute atomic E-state index is 14.0. The van der Waals surface area contributed by atoms with Gasteiger partial charge in [0, 0.05) is 44.1 Å². The van der Waals surface area contributed by atoms with Gasteiger partial charge in [-0.2, -0.15) is 0 Å². The van der Waals surface area contributed by atoms with Crippen molar-refractivity contribution in [1.82, 2.24) is 14.7 Å². The predicted molar refractivity (Wildman–Crippen MR) is 140 cm³/mol. The van der Waals surface area contributed by atoms with Gasteiger partial charge in [0.15, 0.2) is 0 Å². The smallest absolute Gasteiger partial charge is 0.242 e. The molecule has 0 spiro atoms. The normalized spacial score (nSPS) is 19.9.